The molecule has 6 heteroatoms. The number of methoxy groups -OCH3 is 1. The largest absolute Gasteiger partial charge is 0.497 e. The summed E-state index contributed by atoms with van der Waals surface area (Å²) in [6.07, 6.45) is 2.08. The second-order valence-corrected chi connectivity index (χ2v) is 7.26. The van der Waals surface area contributed by atoms with E-state index in [9.17, 15) is 9.18 Å². The Labute approximate surface area is 174 Å². The maximum absolute atomic E-state index is 13.8. The quantitative estimate of drug-likeness (QED) is 0.513. The number of aryl methyl sites for hydroxylation is 2. The molecule has 0 fully saturated rings. The van der Waals surface area contributed by atoms with Gasteiger partial charge in [-0.2, -0.15) is 0 Å². The molecule has 4 rings (SSSR count). The molecule has 0 aliphatic heterocycles. The van der Waals surface area contributed by atoms with E-state index >= 15 is 0 Å². The minimum atomic E-state index is -0.267. The average Bonchev–Trinajstić information content (AvgIpc) is 3.08. The fraction of sp³-hybridized carbons (Fsp3) is 0.167. The summed E-state index contributed by atoms with van der Waals surface area (Å²) in [5.41, 5.74) is 5.23. The molecule has 1 amide bonds. The van der Waals surface area contributed by atoms with Gasteiger partial charge in [0.15, 0.2) is 0 Å². The predicted molar refractivity (Wildman–Crippen MR) is 115 cm³/mol. The number of pyridine rings is 1. The van der Waals surface area contributed by atoms with Crippen molar-refractivity contribution in [2.75, 3.05) is 12.4 Å². The van der Waals surface area contributed by atoms with Crippen LogP contribution in [-0.2, 0) is 11.2 Å². The first kappa shape index (κ1) is 19.6. The molecule has 0 saturated heterocycles. The van der Waals surface area contributed by atoms with Crippen molar-refractivity contribution in [2.24, 2.45) is 0 Å². The number of halogens is 1. The van der Waals surface area contributed by atoms with Gasteiger partial charge in [-0.25, -0.2) is 9.37 Å². The maximum atomic E-state index is 13.8. The molecule has 30 heavy (non-hydrogen) atoms. The first-order valence-electron chi connectivity index (χ1n) is 9.62. The molecule has 2 aromatic heterocycles. The van der Waals surface area contributed by atoms with Crippen LogP contribution in [-0.4, -0.2) is 22.4 Å². The Hall–Kier alpha value is -3.67. The Morgan fingerprint density at radius 2 is 1.87 bits per heavy atom. The molecule has 0 unspecified atom stereocenters. The molecule has 0 aliphatic rings. The van der Waals surface area contributed by atoms with Crippen molar-refractivity contribution in [1.82, 2.24) is 9.38 Å². The summed E-state index contributed by atoms with van der Waals surface area (Å²) in [6, 6.07) is 15.9. The molecule has 2 aromatic carbocycles. The minimum Gasteiger partial charge on any atom is -0.497 e. The Morgan fingerprint density at radius 1 is 1.10 bits per heavy atom. The number of rotatable bonds is 5. The normalized spacial score (nSPS) is 10.9. The Bertz CT molecular complexity index is 1230. The van der Waals surface area contributed by atoms with E-state index in [0.29, 0.717) is 16.9 Å². The third-order valence-electron chi connectivity index (χ3n) is 5.00. The van der Waals surface area contributed by atoms with E-state index in [-0.39, 0.29) is 18.1 Å². The van der Waals surface area contributed by atoms with E-state index in [0.717, 1.165) is 28.2 Å². The van der Waals surface area contributed by atoms with Gasteiger partial charge in [-0.05, 0) is 73.5 Å². The standard InChI is InChI=1S/C24H22FN3O2/c1-15-4-11-22-27-24(17-5-10-20(25)16(2)12-17)21(28(22)14-15)13-23(29)26-18-6-8-19(30-3)9-7-18/h4-12,14H,13H2,1-3H3,(H,26,29). The van der Waals surface area contributed by atoms with Crippen molar-refractivity contribution in [1.29, 1.82) is 0 Å². The molecule has 0 aliphatic carbocycles. The van der Waals surface area contributed by atoms with Gasteiger partial charge in [-0.1, -0.05) is 6.07 Å². The minimum absolute atomic E-state index is 0.127. The van der Waals surface area contributed by atoms with Gasteiger partial charge < -0.3 is 14.5 Å². The SMILES string of the molecule is COc1ccc(NC(=O)Cc2c(-c3ccc(F)c(C)c3)nc3ccc(C)cn23)cc1. The van der Waals surface area contributed by atoms with Crippen LogP contribution in [0.25, 0.3) is 16.9 Å². The molecule has 2 heterocycles. The van der Waals surface area contributed by atoms with Crippen molar-refractivity contribution < 1.29 is 13.9 Å². The zero-order valence-electron chi connectivity index (χ0n) is 17.1. The molecular formula is C24H22FN3O2. The summed E-state index contributed by atoms with van der Waals surface area (Å²) in [5, 5.41) is 2.91. The number of ether oxygens (including phenoxy) is 1. The average molecular weight is 403 g/mol. The number of carbonyl (C=O) groups is 1. The van der Waals surface area contributed by atoms with Gasteiger partial charge >= 0.3 is 0 Å². The highest BCUT2D eigenvalue weighted by atomic mass is 19.1. The van der Waals surface area contributed by atoms with Gasteiger partial charge in [0.1, 0.15) is 17.2 Å². The Morgan fingerprint density at radius 3 is 2.57 bits per heavy atom. The van der Waals surface area contributed by atoms with Crippen LogP contribution in [0.4, 0.5) is 10.1 Å². The maximum Gasteiger partial charge on any atom is 0.230 e. The first-order valence-corrected chi connectivity index (χ1v) is 9.62. The van der Waals surface area contributed by atoms with Crippen LogP contribution in [0, 0.1) is 19.7 Å². The fourth-order valence-electron chi connectivity index (χ4n) is 3.42. The van der Waals surface area contributed by atoms with Crippen LogP contribution in [0.2, 0.25) is 0 Å². The highest BCUT2D eigenvalue weighted by Gasteiger charge is 2.18. The number of nitrogens with one attached hydrogen (secondary N) is 1. The monoisotopic (exact) mass is 403 g/mol. The van der Waals surface area contributed by atoms with Gasteiger partial charge in [-0.15, -0.1) is 0 Å². The number of benzene rings is 2. The van der Waals surface area contributed by atoms with Gasteiger partial charge in [-0.3, -0.25) is 4.79 Å². The van der Waals surface area contributed by atoms with Crippen molar-refractivity contribution in [3.63, 3.8) is 0 Å². The zero-order chi connectivity index (χ0) is 21.3. The van der Waals surface area contributed by atoms with Crippen LogP contribution >= 0.6 is 0 Å². The highest BCUT2D eigenvalue weighted by Crippen LogP contribution is 2.27. The Kier molecular flexibility index (Phi) is 5.23. The van der Waals surface area contributed by atoms with E-state index in [1.165, 1.54) is 6.07 Å². The van der Waals surface area contributed by atoms with Gasteiger partial charge in [0.2, 0.25) is 5.91 Å². The molecular weight excluding hydrogens is 381 g/mol. The second kappa shape index (κ2) is 7.99. The summed E-state index contributed by atoms with van der Waals surface area (Å²) in [7, 11) is 1.60. The van der Waals surface area contributed by atoms with Crippen molar-refractivity contribution in [3.05, 3.63) is 83.4 Å². The lowest BCUT2D eigenvalue weighted by Gasteiger charge is -2.09. The van der Waals surface area contributed by atoms with E-state index < -0.39 is 0 Å². The number of carbonyl (C=O) groups excluding carboxylic acids is 1. The third kappa shape index (κ3) is 3.89. The molecule has 0 atom stereocenters. The van der Waals surface area contributed by atoms with Crippen LogP contribution in [0.1, 0.15) is 16.8 Å². The number of imidazole rings is 1. The number of nitrogens with zero attached hydrogens (tertiary/aromatic N) is 2. The van der Waals surface area contributed by atoms with E-state index in [4.69, 9.17) is 9.72 Å². The summed E-state index contributed by atoms with van der Waals surface area (Å²) >= 11 is 0. The van der Waals surface area contributed by atoms with Crippen LogP contribution in [0.15, 0.2) is 60.8 Å². The topological polar surface area (TPSA) is 55.6 Å². The molecule has 5 nitrogen and oxygen atoms in total. The summed E-state index contributed by atoms with van der Waals surface area (Å²) in [4.78, 5) is 17.5. The summed E-state index contributed by atoms with van der Waals surface area (Å²) in [6.45, 7) is 3.71. The van der Waals surface area contributed by atoms with Crippen molar-refractivity contribution >= 4 is 17.2 Å². The molecule has 1 N–H and O–H groups in total. The number of hydrogen-bond acceptors (Lipinski definition) is 3. The lowest BCUT2D eigenvalue weighted by atomic mass is 10.1. The Balaban J connectivity index is 1.71. The lowest BCUT2D eigenvalue weighted by molar-refractivity contribution is -0.115. The number of anilines is 1. The van der Waals surface area contributed by atoms with Gasteiger partial charge in [0, 0.05) is 17.4 Å². The number of hydrogen-bond donors (Lipinski definition) is 1. The van der Waals surface area contributed by atoms with E-state index in [1.807, 2.05) is 29.7 Å². The van der Waals surface area contributed by atoms with E-state index in [1.54, 1.807) is 50.4 Å². The van der Waals surface area contributed by atoms with Crippen molar-refractivity contribution in [3.8, 4) is 17.0 Å². The molecule has 0 saturated carbocycles. The van der Waals surface area contributed by atoms with Crippen LogP contribution < -0.4 is 10.1 Å². The molecule has 0 spiro atoms. The highest BCUT2D eigenvalue weighted by molar-refractivity contribution is 5.93. The number of fused-ring (bicyclic) bond motifs is 1. The van der Waals surface area contributed by atoms with Gasteiger partial charge in [0.05, 0.1) is 24.9 Å². The molecule has 0 bridgehead atoms. The smallest absolute Gasteiger partial charge is 0.230 e. The fourth-order valence-corrected chi connectivity index (χ4v) is 3.42. The predicted octanol–water partition coefficient (Wildman–Crippen LogP) is 4.95. The molecule has 152 valence electrons. The molecule has 0 radical (unpaired) electrons. The summed E-state index contributed by atoms with van der Waals surface area (Å²) < 4.78 is 20.9. The second-order valence-electron chi connectivity index (χ2n) is 7.26. The van der Waals surface area contributed by atoms with Crippen molar-refractivity contribution in [2.45, 2.75) is 20.3 Å². The number of amides is 1. The third-order valence-corrected chi connectivity index (χ3v) is 5.00. The molecule has 4 aromatic rings. The van der Waals surface area contributed by atoms with Gasteiger partial charge in [0.25, 0.3) is 0 Å². The summed E-state index contributed by atoms with van der Waals surface area (Å²) in [5.74, 6) is 0.292. The first-order chi connectivity index (χ1) is 14.4. The zero-order valence-corrected chi connectivity index (χ0v) is 17.1. The van der Waals surface area contributed by atoms with Crippen LogP contribution in [0.3, 0.4) is 0 Å². The number of aromatic nitrogens is 2. The van der Waals surface area contributed by atoms with E-state index in [2.05, 4.69) is 5.32 Å². The van der Waals surface area contributed by atoms with Crippen LogP contribution in [0.5, 0.6) is 5.75 Å². The lowest BCUT2D eigenvalue weighted by Crippen LogP contribution is -2.16.